The fourth-order valence-corrected chi connectivity index (χ4v) is 2.70. The first-order valence-electron chi connectivity index (χ1n) is 8.34. The first kappa shape index (κ1) is 19.4. The fourth-order valence-electron chi connectivity index (χ4n) is 2.70. The van der Waals surface area contributed by atoms with Crippen LogP contribution in [0.2, 0.25) is 0 Å². The Morgan fingerprint density at radius 1 is 0.885 bits per heavy atom. The molecule has 0 aliphatic carbocycles. The van der Waals surface area contributed by atoms with Crippen LogP contribution in [0.1, 0.15) is 22.3 Å². The van der Waals surface area contributed by atoms with E-state index in [1.165, 1.54) is 21.3 Å². The third-order valence-corrected chi connectivity index (χ3v) is 4.03. The zero-order valence-electron chi connectivity index (χ0n) is 15.6. The minimum atomic E-state index is -0.190. The Labute approximate surface area is 154 Å². The van der Waals surface area contributed by atoms with Crippen molar-refractivity contribution in [2.45, 2.75) is 12.8 Å². The molecule has 0 fully saturated rings. The lowest BCUT2D eigenvalue weighted by atomic mass is 10.1. The molecule has 2 aromatic rings. The third kappa shape index (κ3) is 4.59. The third-order valence-electron chi connectivity index (χ3n) is 4.03. The van der Waals surface area contributed by atoms with Gasteiger partial charge in [0.15, 0.2) is 11.5 Å². The van der Waals surface area contributed by atoms with E-state index in [9.17, 15) is 4.79 Å². The van der Waals surface area contributed by atoms with Gasteiger partial charge in [0, 0.05) is 12.1 Å². The largest absolute Gasteiger partial charge is 0.496 e. The first-order chi connectivity index (χ1) is 12.6. The van der Waals surface area contributed by atoms with Crippen molar-refractivity contribution in [3.8, 4) is 23.0 Å². The Morgan fingerprint density at radius 3 is 2.08 bits per heavy atom. The summed E-state index contributed by atoms with van der Waals surface area (Å²) >= 11 is 0. The van der Waals surface area contributed by atoms with Crippen LogP contribution in [0.15, 0.2) is 36.4 Å². The molecular weight excluding hydrogens is 334 g/mol. The maximum absolute atomic E-state index is 12.4. The topological polar surface area (TPSA) is 66.0 Å². The zero-order valence-corrected chi connectivity index (χ0v) is 15.6. The lowest BCUT2D eigenvalue weighted by Gasteiger charge is -2.14. The van der Waals surface area contributed by atoms with E-state index in [0.717, 1.165) is 24.2 Å². The molecule has 0 spiro atoms. The van der Waals surface area contributed by atoms with E-state index in [-0.39, 0.29) is 5.91 Å². The summed E-state index contributed by atoms with van der Waals surface area (Å²) in [5.41, 5.74) is 1.58. The van der Waals surface area contributed by atoms with Gasteiger partial charge in [-0.1, -0.05) is 18.2 Å². The van der Waals surface area contributed by atoms with Gasteiger partial charge in [-0.15, -0.1) is 0 Å². The number of hydrogen-bond acceptors (Lipinski definition) is 5. The summed E-state index contributed by atoms with van der Waals surface area (Å²) in [6, 6.07) is 11.2. The van der Waals surface area contributed by atoms with Crippen molar-refractivity contribution in [2.24, 2.45) is 0 Å². The van der Waals surface area contributed by atoms with Gasteiger partial charge in [-0.05, 0) is 36.6 Å². The molecule has 26 heavy (non-hydrogen) atoms. The van der Waals surface area contributed by atoms with Crippen molar-refractivity contribution in [1.82, 2.24) is 5.32 Å². The number of benzene rings is 2. The molecule has 6 heteroatoms. The number of ether oxygens (including phenoxy) is 4. The summed E-state index contributed by atoms with van der Waals surface area (Å²) in [5, 5.41) is 2.92. The fraction of sp³-hybridized carbons (Fsp3) is 0.350. The van der Waals surface area contributed by atoms with E-state index in [4.69, 9.17) is 18.9 Å². The average Bonchev–Trinajstić information content (AvgIpc) is 2.69. The van der Waals surface area contributed by atoms with Crippen LogP contribution < -0.4 is 24.3 Å². The van der Waals surface area contributed by atoms with Gasteiger partial charge in [-0.2, -0.15) is 0 Å². The summed E-state index contributed by atoms with van der Waals surface area (Å²) in [6.07, 6.45) is 1.62. The molecule has 0 radical (unpaired) electrons. The molecule has 1 N–H and O–H groups in total. The van der Waals surface area contributed by atoms with Crippen LogP contribution in [-0.4, -0.2) is 40.9 Å². The maximum Gasteiger partial charge on any atom is 0.251 e. The Morgan fingerprint density at radius 2 is 1.50 bits per heavy atom. The molecule has 2 rings (SSSR count). The van der Waals surface area contributed by atoms with Gasteiger partial charge in [0.05, 0.1) is 28.4 Å². The molecule has 0 saturated heterocycles. The number of methoxy groups -OCH3 is 4. The minimum Gasteiger partial charge on any atom is -0.496 e. The van der Waals surface area contributed by atoms with Crippen LogP contribution in [0.3, 0.4) is 0 Å². The molecular formula is C20H25NO5. The van der Waals surface area contributed by atoms with Crippen LogP contribution in [0.5, 0.6) is 23.0 Å². The van der Waals surface area contributed by atoms with E-state index < -0.39 is 0 Å². The van der Waals surface area contributed by atoms with Crippen molar-refractivity contribution >= 4 is 5.91 Å². The monoisotopic (exact) mass is 359 g/mol. The molecule has 0 aliphatic heterocycles. The Bertz CT molecular complexity index is 720. The second kappa shape index (κ2) is 9.56. The van der Waals surface area contributed by atoms with E-state index in [0.29, 0.717) is 29.4 Å². The van der Waals surface area contributed by atoms with Crippen LogP contribution >= 0.6 is 0 Å². The molecule has 140 valence electrons. The van der Waals surface area contributed by atoms with Gasteiger partial charge in [0.25, 0.3) is 5.91 Å². The summed E-state index contributed by atoms with van der Waals surface area (Å²) in [6.45, 7) is 0.549. The maximum atomic E-state index is 12.4. The van der Waals surface area contributed by atoms with Crippen molar-refractivity contribution in [3.05, 3.63) is 47.5 Å². The molecule has 0 aliphatic rings. The second-order valence-electron chi connectivity index (χ2n) is 5.59. The van der Waals surface area contributed by atoms with E-state index in [2.05, 4.69) is 5.32 Å². The first-order valence-corrected chi connectivity index (χ1v) is 8.34. The summed E-state index contributed by atoms with van der Waals surface area (Å²) < 4.78 is 21.2. The lowest BCUT2D eigenvalue weighted by Crippen LogP contribution is -2.25. The molecule has 0 saturated carbocycles. The minimum absolute atomic E-state index is 0.190. The number of aryl methyl sites for hydroxylation is 1. The second-order valence-corrected chi connectivity index (χ2v) is 5.59. The molecule has 0 aromatic heterocycles. The van der Waals surface area contributed by atoms with E-state index in [1.54, 1.807) is 19.2 Å². The number of amides is 1. The highest BCUT2D eigenvalue weighted by atomic mass is 16.5. The van der Waals surface area contributed by atoms with Crippen LogP contribution in [0.25, 0.3) is 0 Å². The number of nitrogens with one attached hydrogen (secondary N) is 1. The molecule has 0 bridgehead atoms. The normalized spacial score (nSPS) is 10.2. The summed E-state index contributed by atoms with van der Waals surface area (Å²) in [5.74, 6) is 2.03. The lowest BCUT2D eigenvalue weighted by molar-refractivity contribution is 0.0952. The molecule has 2 aromatic carbocycles. The average molecular weight is 359 g/mol. The van der Waals surface area contributed by atoms with Gasteiger partial charge in [-0.25, -0.2) is 0 Å². The number of hydrogen-bond donors (Lipinski definition) is 1. The van der Waals surface area contributed by atoms with Crippen LogP contribution in [0, 0.1) is 0 Å². The van der Waals surface area contributed by atoms with Gasteiger partial charge in [-0.3, -0.25) is 4.79 Å². The van der Waals surface area contributed by atoms with Gasteiger partial charge in [0.1, 0.15) is 5.75 Å². The SMILES string of the molecule is COc1ccccc1CCCNC(=O)c1cc(OC)c(OC)c(OC)c1. The number of carbonyl (C=O) groups is 1. The Kier molecular flexibility index (Phi) is 7.14. The highest BCUT2D eigenvalue weighted by Crippen LogP contribution is 2.38. The van der Waals surface area contributed by atoms with E-state index in [1.807, 2.05) is 24.3 Å². The van der Waals surface area contributed by atoms with Crippen LogP contribution in [0.4, 0.5) is 0 Å². The van der Waals surface area contributed by atoms with Crippen molar-refractivity contribution in [1.29, 1.82) is 0 Å². The van der Waals surface area contributed by atoms with Crippen molar-refractivity contribution in [3.63, 3.8) is 0 Å². The van der Waals surface area contributed by atoms with Crippen LogP contribution in [-0.2, 0) is 6.42 Å². The van der Waals surface area contributed by atoms with Gasteiger partial charge in [0.2, 0.25) is 5.75 Å². The smallest absolute Gasteiger partial charge is 0.251 e. The molecule has 0 heterocycles. The van der Waals surface area contributed by atoms with Crippen molar-refractivity contribution < 1.29 is 23.7 Å². The van der Waals surface area contributed by atoms with Crippen molar-refractivity contribution in [2.75, 3.05) is 35.0 Å². The Balaban J connectivity index is 1.97. The standard InChI is InChI=1S/C20H25NO5/c1-23-16-10-6-5-8-14(16)9-7-11-21-20(22)15-12-17(24-2)19(26-4)18(13-15)25-3/h5-6,8,10,12-13H,7,9,11H2,1-4H3,(H,21,22). The molecule has 6 nitrogen and oxygen atoms in total. The molecule has 1 amide bonds. The number of carbonyl (C=O) groups excluding carboxylic acids is 1. The summed E-state index contributed by atoms with van der Waals surface area (Å²) in [7, 11) is 6.22. The number of para-hydroxylation sites is 1. The highest BCUT2D eigenvalue weighted by Gasteiger charge is 2.16. The predicted molar refractivity (Wildman–Crippen MR) is 99.7 cm³/mol. The van der Waals surface area contributed by atoms with Gasteiger partial charge >= 0.3 is 0 Å². The zero-order chi connectivity index (χ0) is 18.9. The number of rotatable bonds is 9. The van der Waals surface area contributed by atoms with Gasteiger partial charge < -0.3 is 24.3 Å². The Hall–Kier alpha value is -2.89. The predicted octanol–water partition coefficient (Wildman–Crippen LogP) is 3.08. The molecule has 0 atom stereocenters. The molecule has 0 unspecified atom stereocenters. The van der Waals surface area contributed by atoms with E-state index >= 15 is 0 Å². The quantitative estimate of drug-likeness (QED) is 0.697. The summed E-state index contributed by atoms with van der Waals surface area (Å²) in [4.78, 5) is 12.4. The highest BCUT2D eigenvalue weighted by molar-refractivity contribution is 5.95.